The molecule has 98 valence electrons. The van der Waals surface area contributed by atoms with E-state index in [1.165, 1.54) is 11.1 Å². The summed E-state index contributed by atoms with van der Waals surface area (Å²) in [5, 5.41) is 3.32. The average molecular weight is 245 g/mol. The molecule has 0 heterocycles. The summed E-state index contributed by atoms with van der Waals surface area (Å²) >= 11 is 0. The molecule has 3 heteroatoms. The van der Waals surface area contributed by atoms with E-state index in [0.29, 0.717) is 17.9 Å². The first-order valence-electron chi connectivity index (χ1n) is 6.84. The van der Waals surface area contributed by atoms with Gasteiger partial charge < -0.3 is 11.1 Å². The minimum Gasteiger partial charge on any atom is -0.370 e. The van der Waals surface area contributed by atoms with Crippen LogP contribution in [0.15, 0.2) is 29.3 Å². The first kappa shape index (κ1) is 12.9. The third-order valence-corrected chi connectivity index (χ3v) is 3.51. The third-order valence-electron chi connectivity index (χ3n) is 3.51. The van der Waals surface area contributed by atoms with Crippen molar-refractivity contribution < 1.29 is 0 Å². The van der Waals surface area contributed by atoms with Crippen LogP contribution in [0.25, 0.3) is 0 Å². The van der Waals surface area contributed by atoms with Gasteiger partial charge in [0.05, 0.1) is 0 Å². The molecule has 0 bridgehead atoms. The number of hydrogen-bond acceptors (Lipinski definition) is 1. The lowest BCUT2D eigenvalue weighted by molar-refractivity contribution is 0.789. The number of guanidine groups is 1. The highest BCUT2D eigenvalue weighted by Gasteiger charge is 2.39. The number of aliphatic imine (C=N–C) groups is 1. The maximum atomic E-state index is 5.87. The predicted octanol–water partition coefficient (Wildman–Crippen LogP) is 2.56. The Morgan fingerprint density at radius 2 is 2.22 bits per heavy atom. The fourth-order valence-corrected chi connectivity index (χ4v) is 2.29. The zero-order chi connectivity index (χ0) is 13.0. The standard InChI is InChI=1S/C15H23N3/c1-3-4-9-17-15(16)18-14-10-13(14)12-8-6-5-7-11(12)2/h5-8,13-14H,3-4,9-10H2,1-2H3,(H3,16,17,18). The van der Waals surface area contributed by atoms with Gasteiger partial charge in [0, 0.05) is 18.5 Å². The molecule has 2 rings (SSSR count). The fraction of sp³-hybridized carbons (Fsp3) is 0.533. The normalized spacial score (nSPS) is 22.9. The van der Waals surface area contributed by atoms with E-state index in [-0.39, 0.29) is 0 Å². The van der Waals surface area contributed by atoms with Gasteiger partial charge in [0.1, 0.15) is 0 Å². The first-order valence-corrected chi connectivity index (χ1v) is 6.84. The number of rotatable bonds is 5. The molecule has 0 amide bonds. The third kappa shape index (κ3) is 3.25. The molecule has 0 aliphatic heterocycles. The number of hydrogen-bond donors (Lipinski definition) is 2. The minimum atomic E-state index is 0.469. The Morgan fingerprint density at radius 3 is 2.94 bits per heavy atom. The van der Waals surface area contributed by atoms with Gasteiger partial charge in [0.15, 0.2) is 5.96 Å². The highest BCUT2D eigenvalue weighted by molar-refractivity contribution is 5.78. The minimum absolute atomic E-state index is 0.469. The van der Waals surface area contributed by atoms with Crippen molar-refractivity contribution in [2.45, 2.75) is 45.1 Å². The van der Waals surface area contributed by atoms with Crippen LogP contribution in [-0.2, 0) is 0 Å². The molecule has 0 spiro atoms. The van der Waals surface area contributed by atoms with E-state index in [1.807, 2.05) is 0 Å². The van der Waals surface area contributed by atoms with Crippen LogP contribution in [0, 0.1) is 6.92 Å². The molecule has 2 atom stereocenters. The number of aryl methyl sites for hydroxylation is 1. The Hall–Kier alpha value is -1.51. The van der Waals surface area contributed by atoms with E-state index in [4.69, 9.17) is 5.73 Å². The van der Waals surface area contributed by atoms with Gasteiger partial charge in [-0.1, -0.05) is 37.6 Å². The van der Waals surface area contributed by atoms with E-state index >= 15 is 0 Å². The molecule has 3 N–H and O–H groups in total. The van der Waals surface area contributed by atoms with Crippen molar-refractivity contribution in [1.82, 2.24) is 5.32 Å². The van der Waals surface area contributed by atoms with E-state index in [9.17, 15) is 0 Å². The lowest BCUT2D eigenvalue weighted by Gasteiger charge is -2.07. The molecule has 0 radical (unpaired) electrons. The van der Waals surface area contributed by atoms with Crippen molar-refractivity contribution in [3.63, 3.8) is 0 Å². The SMILES string of the molecule is CCCCN=C(N)NC1CC1c1ccccc1C. The molecular weight excluding hydrogens is 222 g/mol. The van der Waals surface area contributed by atoms with E-state index in [1.54, 1.807) is 0 Å². The molecule has 3 nitrogen and oxygen atoms in total. The van der Waals surface area contributed by atoms with Crippen molar-refractivity contribution in [1.29, 1.82) is 0 Å². The molecule has 1 saturated carbocycles. The smallest absolute Gasteiger partial charge is 0.188 e. The quantitative estimate of drug-likeness (QED) is 0.476. The highest BCUT2D eigenvalue weighted by atomic mass is 15.1. The number of unbranched alkanes of at least 4 members (excludes halogenated alkanes) is 1. The van der Waals surface area contributed by atoms with Crippen LogP contribution >= 0.6 is 0 Å². The molecule has 18 heavy (non-hydrogen) atoms. The summed E-state index contributed by atoms with van der Waals surface area (Å²) in [6.45, 7) is 5.16. The summed E-state index contributed by atoms with van der Waals surface area (Å²) in [5.74, 6) is 1.20. The largest absolute Gasteiger partial charge is 0.370 e. The molecule has 0 aromatic heterocycles. The lowest BCUT2D eigenvalue weighted by Crippen LogP contribution is -2.34. The Bertz CT molecular complexity index is 426. The van der Waals surface area contributed by atoms with Crippen LogP contribution in [0.5, 0.6) is 0 Å². The molecule has 0 saturated heterocycles. The lowest BCUT2D eigenvalue weighted by atomic mass is 10.0. The van der Waals surface area contributed by atoms with Gasteiger partial charge in [0.25, 0.3) is 0 Å². The second-order valence-electron chi connectivity index (χ2n) is 5.07. The molecule has 1 aliphatic rings. The van der Waals surface area contributed by atoms with Gasteiger partial charge in [-0.2, -0.15) is 0 Å². The zero-order valence-electron chi connectivity index (χ0n) is 11.3. The summed E-state index contributed by atoms with van der Waals surface area (Å²) < 4.78 is 0. The van der Waals surface area contributed by atoms with Crippen molar-refractivity contribution in [3.05, 3.63) is 35.4 Å². The van der Waals surface area contributed by atoms with Crippen LogP contribution < -0.4 is 11.1 Å². The van der Waals surface area contributed by atoms with E-state index in [2.05, 4.69) is 48.4 Å². The van der Waals surface area contributed by atoms with Crippen molar-refractivity contribution in [2.75, 3.05) is 6.54 Å². The first-order chi connectivity index (χ1) is 8.72. The fourth-order valence-electron chi connectivity index (χ4n) is 2.29. The Kier molecular flexibility index (Phi) is 4.24. The summed E-state index contributed by atoms with van der Waals surface area (Å²) in [6, 6.07) is 9.05. The number of nitrogens with zero attached hydrogens (tertiary/aromatic N) is 1. The van der Waals surface area contributed by atoms with E-state index < -0.39 is 0 Å². The van der Waals surface area contributed by atoms with Crippen molar-refractivity contribution >= 4 is 5.96 Å². The molecule has 1 aliphatic carbocycles. The predicted molar refractivity (Wildman–Crippen MR) is 76.9 cm³/mol. The maximum Gasteiger partial charge on any atom is 0.188 e. The average Bonchev–Trinajstić information content (AvgIpc) is 3.09. The molecule has 2 unspecified atom stereocenters. The monoisotopic (exact) mass is 245 g/mol. The molecule has 1 fully saturated rings. The summed E-state index contributed by atoms with van der Waals surface area (Å²) in [6.07, 6.45) is 3.43. The maximum absolute atomic E-state index is 5.87. The Balaban J connectivity index is 1.85. The highest BCUT2D eigenvalue weighted by Crippen LogP contribution is 2.41. The van der Waals surface area contributed by atoms with Gasteiger partial charge in [-0.3, -0.25) is 4.99 Å². The summed E-state index contributed by atoms with van der Waals surface area (Å²) in [5.41, 5.74) is 8.68. The summed E-state index contributed by atoms with van der Waals surface area (Å²) in [7, 11) is 0. The number of nitrogens with two attached hydrogens (primary N) is 1. The van der Waals surface area contributed by atoms with Crippen molar-refractivity contribution in [3.8, 4) is 0 Å². The molecule has 1 aromatic rings. The van der Waals surface area contributed by atoms with Gasteiger partial charge >= 0.3 is 0 Å². The van der Waals surface area contributed by atoms with Gasteiger partial charge in [-0.05, 0) is 30.9 Å². The topological polar surface area (TPSA) is 50.4 Å². The van der Waals surface area contributed by atoms with Crippen molar-refractivity contribution in [2.24, 2.45) is 10.7 Å². The van der Waals surface area contributed by atoms with E-state index in [0.717, 1.165) is 25.8 Å². The number of benzene rings is 1. The Labute approximate surface area is 109 Å². The zero-order valence-corrected chi connectivity index (χ0v) is 11.3. The van der Waals surface area contributed by atoms with Gasteiger partial charge in [-0.25, -0.2) is 0 Å². The van der Waals surface area contributed by atoms with Gasteiger partial charge in [-0.15, -0.1) is 0 Å². The second kappa shape index (κ2) is 5.89. The Morgan fingerprint density at radius 1 is 1.44 bits per heavy atom. The van der Waals surface area contributed by atoms with Crippen LogP contribution in [-0.4, -0.2) is 18.5 Å². The molecular formula is C15H23N3. The molecule has 1 aromatic carbocycles. The van der Waals surface area contributed by atoms with Crippen LogP contribution in [0.4, 0.5) is 0 Å². The second-order valence-corrected chi connectivity index (χ2v) is 5.07. The van der Waals surface area contributed by atoms with Gasteiger partial charge in [0.2, 0.25) is 0 Å². The summed E-state index contributed by atoms with van der Waals surface area (Å²) in [4.78, 5) is 4.33. The van der Waals surface area contributed by atoms with Crippen LogP contribution in [0.3, 0.4) is 0 Å². The van der Waals surface area contributed by atoms with Crippen LogP contribution in [0.1, 0.15) is 43.2 Å². The number of nitrogens with one attached hydrogen (secondary N) is 1. The van der Waals surface area contributed by atoms with Crippen LogP contribution in [0.2, 0.25) is 0 Å².